The van der Waals surface area contributed by atoms with Gasteiger partial charge in [-0.1, -0.05) is 6.58 Å². The zero-order chi connectivity index (χ0) is 7.90. The summed E-state index contributed by atoms with van der Waals surface area (Å²) in [5.74, 6) is 1.76. The number of fused-ring (bicyclic) bond motifs is 2. The van der Waals surface area contributed by atoms with Crippen LogP contribution in [0.4, 0.5) is 0 Å². The van der Waals surface area contributed by atoms with Gasteiger partial charge in [-0.3, -0.25) is 0 Å². The first-order valence-electron chi connectivity index (χ1n) is 4.53. The minimum Gasteiger partial charge on any atom is -0.496 e. The molecule has 1 heteroatoms. The lowest BCUT2D eigenvalue weighted by molar-refractivity contribution is -0.00958. The van der Waals surface area contributed by atoms with E-state index >= 15 is 0 Å². The van der Waals surface area contributed by atoms with Gasteiger partial charge in [0.1, 0.15) is 5.60 Å². The topological polar surface area (TPSA) is 9.23 Å². The highest BCUT2D eigenvalue weighted by atomic mass is 16.5. The van der Waals surface area contributed by atoms with E-state index in [2.05, 4.69) is 13.5 Å². The second kappa shape index (κ2) is 2.26. The molecule has 11 heavy (non-hydrogen) atoms. The molecule has 0 radical (unpaired) electrons. The van der Waals surface area contributed by atoms with Crippen LogP contribution in [-0.4, -0.2) is 5.60 Å². The molecular weight excluding hydrogens is 136 g/mol. The Bertz CT molecular complexity index is 176. The zero-order valence-electron chi connectivity index (χ0n) is 7.18. The zero-order valence-corrected chi connectivity index (χ0v) is 7.18. The first-order valence-corrected chi connectivity index (χ1v) is 4.53. The Morgan fingerprint density at radius 3 is 2.82 bits per heavy atom. The monoisotopic (exact) mass is 152 g/mol. The van der Waals surface area contributed by atoms with Gasteiger partial charge in [-0.25, -0.2) is 0 Å². The largest absolute Gasteiger partial charge is 0.496 e. The standard InChI is InChI=1S/C10H16O/c1-3-11-10(2)7-8-4-5-9(10)6-8/h3,8-9H,1,4-7H2,2H3. The van der Waals surface area contributed by atoms with Gasteiger partial charge in [0.2, 0.25) is 0 Å². The molecular formula is C10H16O. The van der Waals surface area contributed by atoms with Gasteiger partial charge in [0.25, 0.3) is 0 Å². The molecule has 0 aromatic heterocycles. The van der Waals surface area contributed by atoms with Crippen LogP contribution in [0.3, 0.4) is 0 Å². The smallest absolute Gasteiger partial charge is 0.108 e. The van der Waals surface area contributed by atoms with Crippen LogP contribution in [0, 0.1) is 11.8 Å². The van der Waals surface area contributed by atoms with Gasteiger partial charge in [0.15, 0.2) is 0 Å². The summed E-state index contributed by atoms with van der Waals surface area (Å²) in [4.78, 5) is 0. The molecule has 2 bridgehead atoms. The summed E-state index contributed by atoms with van der Waals surface area (Å²) in [7, 11) is 0. The van der Waals surface area contributed by atoms with Crippen molar-refractivity contribution in [2.24, 2.45) is 11.8 Å². The predicted octanol–water partition coefficient (Wildman–Crippen LogP) is 2.73. The molecule has 62 valence electrons. The Morgan fingerprint density at radius 1 is 1.55 bits per heavy atom. The Morgan fingerprint density at radius 2 is 2.36 bits per heavy atom. The summed E-state index contributed by atoms with van der Waals surface area (Å²) in [6.45, 7) is 5.87. The summed E-state index contributed by atoms with van der Waals surface area (Å²) < 4.78 is 5.59. The molecule has 0 heterocycles. The Labute approximate surface area is 68.4 Å². The minimum absolute atomic E-state index is 0.144. The summed E-state index contributed by atoms with van der Waals surface area (Å²) in [5.41, 5.74) is 0.144. The van der Waals surface area contributed by atoms with Crippen molar-refractivity contribution >= 4 is 0 Å². The van der Waals surface area contributed by atoms with Crippen molar-refractivity contribution in [2.45, 2.75) is 38.2 Å². The SMILES string of the molecule is C=COC1(C)CC2CCC1C2. The number of rotatable bonds is 2. The van der Waals surface area contributed by atoms with E-state index in [1.54, 1.807) is 6.26 Å². The molecule has 1 nitrogen and oxygen atoms in total. The van der Waals surface area contributed by atoms with E-state index in [0.29, 0.717) is 0 Å². The van der Waals surface area contributed by atoms with E-state index in [0.717, 1.165) is 11.8 Å². The molecule has 0 aromatic rings. The summed E-state index contributed by atoms with van der Waals surface area (Å²) in [5, 5.41) is 0. The van der Waals surface area contributed by atoms with E-state index in [1.807, 2.05) is 0 Å². The quantitative estimate of drug-likeness (QED) is 0.553. The van der Waals surface area contributed by atoms with E-state index in [4.69, 9.17) is 4.74 Å². The second-order valence-electron chi connectivity index (χ2n) is 4.18. The van der Waals surface area contributed by atoms with E-state index < -0.39 is 0 Å². The molecule has 2 aliphatic carbocycles. The van der Waals surface area contributed by atoms with Crippen molar-refractivity contribution in [3.8, 4) is 0 Å². The molecule has 0 aliphatic heterocycles. The molecule has 3 unspecified atom stereocenters. The van der Waals surface area contributed by atoms with E-state index in [-0.39, 0.29) is 5.60 Å². The molecule has 2 fully saturated rings. The van der Waals surface area contributed by atoms with Gasteiger partial charge < -0.3 is 4.74 Å². The highest BCUT2D eigenvalue weighted by molar-refractivity contribution is 5.00. The van der Waals surface area contributed by atoms with Gasteiger partial charge in [-0.15, -0.1) is 0 Å². The number of hydrogen-bond acceptors (Lipinski definition) is 1. The highest BCUT2D eigenvalue weighted by Crippen LogP contribution is 2.52. The van der Waals surface area contributed by atoms with Crippen molar-refractivity contribution in [2.75, 3.05) is 0 Å². The van der Waals surface area contributed by atoms with Crippen molar-refractivity contribution in [3.05, 3.63) is 12.8 Å². The predicted molar refractivity (Wildman–Crippen MR) is 45.1 cm³/mol. The fourth-order valence-corrected chi connectivity index (χ4v) is 2.89. The molecule has 2 aliphatic rings. The average molecular weight is 152 g/mol. The van der Waals surface area contributed by atoms with Crippen LogP contribution in [0.2, 0.25) is 0 Å². The van der Waals surface area contributed by atoms with Gasteiger partial charge in [-0.2, -0.15) is 0 Å². The van der Waals surface area contributed by atoms with Crippen molar-refractivity contribution in [1.29, 1.82) is 0 Å². The number of ether oxygens (including phenoxy) is 1. The maximum Gasteiger partial charge on any atom is 0.108 e. The van der Waals surface area contributed by atoms with Gasteiger partial charge in [-0.05, 0) is 44.4 Å². The van der Waals surface area contributed by atoms with Crippen LogP contribution < -0.4 is 0 Å². The van der Waals surface area contributed by atoms with Crippen LogP contribution in [-0.2, 0) is 4.74 Å². The maximum atomic E-state index is 5.59. The Kier molecular flexibility index (Phi) is 1.48. The fourth-order valence-electron chi connectivity index (χ4n) is 2.89. The van der Waals surface area contributed by atoms with Crippen LogP contribution >= 0.6 is 0 Å². The summed E-state index contributed by atoms with van der Waals surface area (Å²) >= 11 is 0. The molecule has 0 amide bonds. The maximum absolute atomic E-state index is 5.59. The van der Waals surface area contributed by atoms with Gasteiger partial charge in [0, 0.05) is 0 Å². The van der Waals surface area contributed by atoms with Crippen LogP contribution in [0.25, 0.3) is 0 Å². The lowest BCUT2D eigenvalue weighted by atomic mass is 9.86. The molecule has 0 spiro atoms. The van der Waals surface area contributed by atoms with Crippen molar-refractivity contribution < 1.29 is 4.74 Å². The van der Waals surface area contributed by atoms with Gasteiger partial charge in [0.05, 0.1) is 6.26 Å². The normalized spacial score (nSPS) is 47.7. The van der Waals surface area contributed by atoms with Crippen LogP contribution in [0.1, 0.15) is 32.6 Å². The third kappa shape index (κ3) is 0.979. The fraction of sp³-hybridized carbons (Fsp3) is 0.800. The van der Waals surface area contributed by atoms with Crippen LogP contribution in [0.5, 0.6) is 0 Å². The van der Waals surface area contributed by atoms with Crippen LogP contribution in [0.15, 0.2) is 12.8 Å². The summed E-state index contributed by atoms with van der Waals surface area (Å²) in [6.07, 6.45) is 7.06. The first kappa shape index (κ1) is 7.20. The third-order valence-electron chi connectivity index (χ3n) is 3.45. The molecule has 0 aromatic carbocycles. The lowest BCUT2D eigenvalue weighted by Crippen LogP contribution is -2.33. The Balaban J connectivity index is 2.10. The van der Waals surface area contributed by atoms with Crippen molar-refractivity contribution in [1.82, 2.24) is 0 Å². The minimum atomic E-state index is 0.144. The van der Waals surface area contributed by atoms with E-state index in [9.17, 15) is 0 Å². The first-order chi connectivity index (χ1) is 5.24. The van der Waals surface area contributed by atoms with Crippen molar-refractivity contribution in [3.63, 3.8) is 0 Å². The number of hydrogen-bond donors (Lipinski definition) is 0. The second-order valence-corrected chi connectivity index (χ2v) is 4.18. The molecule has 2 rings (SSSR count). The molecule has 0 N–H and O–H groups in total. The Hall–Kier alpha value is -0.460. The van der Waals surface area contributed by atoms with E-state index in [1.165, 1.54) is 25.7 Å². The third-order valence-corrected chi connectivity index (χ3v) is 3.45. The average Bonchev–Trinajstić information content (AvgIpc) is 2.45. The molecule has 2 saturated carbocycles. The highest BCUT2D eigenvalue weighted by Gasteiger charge is 2.49. The lowest BCUT2D eigenvalue weighted by Gasteiger charge is -2.32. The molecule has 0 saturated heterocycles. The molecule has 3 atom stereocenters. The summed E-state index contributed by atoms with van der Waals surface area (Å²) in [6, 6.07) is 0. The van der Waals surface area contributed by atoms with Gasteiger partial charge >= 0.3 is 0 Å².